The fourth-order valence-electron chi connectivity index (χ4n) is 3.62. The van der Waals surface area contributed by atoms with Crippen molar-refractivity contribution in [3.8, 4) is 0 Å². The number of carbonyl (C=O) groups is 2. The average Bonchev–Trinajstić information content (AvgIpc) is 3.21. The summed E-state index contributed by atoms with van der Waals surface area (Å²) in [6.07, 6.45) is 4.37. The number of nitrogens with one attached hydrogen (secondary N) is 2. The van der Waals surface area contributed by atoms with Crippen molar-refractivity contribution in [3.63, 3.8) is 0 Å². The molecule has 4 rings (SSSR count). The van der Waals surface area contributed by atoms with E-state index in [4.69, 9.17) is 9.15 Å². The van der Waals surface area contributed by atoms with Crippen molar-refractivity contribution in [1.29, 1.82) is 0 Å². The summed E-state index contributed by atoms with van der Waals surface area (Å²) in [5.41, 5.74) is 2.31. The van der Waals surface area contributed by atoms with Gasteiger partial charge in [0, 0.05) is 49.5 Å². The number of hydrogen-bond donors (Lipinski definition) is 2. The van der Waals surface area contributed by atoms with E-state index in [1.165, 1.54) is 0 Å². The Morgan fingerprint density at radius 3 is 2.68 bits per heavy atom. The number of furan rings is 1. The summed E-state index contributed by atoms with van der Waals surface area (Å²) < 4.78 is 10.7. The van der Waals surface area contributed by atoms with Gasteiger partial charge in [-0.05, 0) is 49.1 Å². The van der Waals surface area contributed by atoms with Crippen LogP contribution in [0, 0.1) is 5.92 Å². The maximum absolute atomic E-state index is 12.5. The van der Waals surface area contributed by atoms with Gasteiger partial charge in [-0.15, -0.1) is 0 Å². The molecule has 0 radical (unpaired) electrons. The van der Waals surface area contributed by atoms with Crippen molar-refractivity contribution in [2.45, 2.75) is 25.8 Å². The number of ether oxygens (including phenoxy) is 1. The van der Waals surface area contributed by atoms with Crippen LogP contribution in [0.25, 0.3) is 0 Å². The normalized spacial score (nSPS) is 17.1. The number of anilines is 1. The lowest BCUT2D eigenvalue weighted by molar-refractivity contribution is 0.0642. The molecule has 1 aromatic carbocycles. The number of rotatable bonds is 4. The second-order valence-corrected chi connectivity index (χ2v) is 7.31. The zero-order chi connectivity index (χ0) is 19.3. The summed E-state index contributed by atoms with van der Waals surface area (Å²) in [5, 5.41) is 5.88. The van der Waals surface area contributed by atoms with Crippen molar-refractivity contribution in [1.82, 2.24) is 10.2 Å². The van der Waals surface area contributed by atoms with Gasteiger partial charge in [0.05, 0.1) is 12.8 Å². The smallest absolute Gasteiger partial charge is 0.322 e. The van der Waals surface area contributed by atoms with E-state index < -0.39 is 0 Å². The van der Waals surface area contributed by atoms with E-state index in [-0.39, 0.29) is 11.9 Å². The standard InChI is InChI=1S/C21H25N3O4/c25-20(22-13-15-6-10-27-11-7-15)16-1-3-18(4-2-16)23-21(26)24-9-5-19-17(14-24)8-12-28-19/h1-4,8,12,15H,5-7,9-11,13-14H2,(H,22,25)(H,23,26). The summed E-state index contributed by atoms with van der Waals surface area (Å²) in [7, 11) is 0. The highest BCUT2D eigenvalue weighted by molar-refractivity contribution is 5.95. The molecule has 3 amide bonds. The molecule has 148 valence electrons. The SMILES string of the molecule is O=C(NCC1CCOCC1)c1ccc(NC(=O)N2CCc3occc3C2)cc1. The van der Waals surface area contributed by atoms with E-state index in [1.807, 2.05) is 6.07 Å². The van der Waals surface area contributed by atoms with E-state index in [0.717, 1.165) is 43.8 Å². The maximum atomic E-state index is 12.5. The Labute approximate surface area is 164 Å². The topological polar surface area (TPSA) is 83.8 Å². The van der Waals surface area contributed by atoms with Gasteiger partial charge in [-0.2, -0.15) is 0 Å². The van der Waals surface area contributed by atoms with Crippen molar-refractivity contribution < 1.29 is 18.7 Å². The summed E-state index contributed by atoms with van der Waals surface area (Å²) in [6.45, 7) is 3.39. The highest BCUT2D eigenvalue weighted by Gasteiger charge is 2.22. The van der Waals surface area contributed by atoms with Gasteiger partial charge in [-0.3, -0.25) is 4.79 Å². The molecule has 2 aliphatic heterocycles. The van der Waals surface area contributed by atoms with Crippen molar-refractivity contribution in [2.75, 3.05) is 31.6 Å². The van der Waals surface area contributed by atoms with Crippen molar-refractivity contribution in [2.24, 2.45) is 5.92 Å². The van der Waals surface area contributed by atoms with E-state index >= 15 is 0 Å². The van der Waals surface area contributed by atoms with E-state index in [9.17, 15) is 9.59 Å². The van der Waals surface area contributed by atoms with Crippen LogP contribution in [-0.2, 0) is 17.7 Å². The number of carbonyl (C=O) groups excluding carboxylic acids is 2. The fraction of sp³-hybridized carbons (Fsp3) is 0.429. The largest absolute Gasteiger partial charge is 0.469 e. The third kappa shape index (κ3) is 4.36. The van der Waals surface area contributed by atoms with Gasteiger partial charge in [-0.1, -0.05) is 0 Å². The number of benzene rings is 1. The first kappa shape index (κ1) is 18.6. The van der Waals surface area contributed by atoms with Crippen LogP contribution < -0.4 is 10.6 Å². The first-order valence-electron chi connectivity index (χ1n) is 9.76. The first-order chi connectivity index (χ1) is 13.7. The predicted molar refractivity (Wildman–Crippen MR) is 104 cm³/mol. The van der Waals surface area contributed by atoms with Crippen LogP contribution in [0.1, 0.15) is 34.5 Å². The lowest BCUT2D eigenvalue weighted by Gasteiger charge is -2.26. The molecule has 0 saturated carbocycles. The highest BCUT2D eigenvalue weighted by atomic mass is 16.5. The molecule has 7 heteroatoms. The Morgan fingerprint density at radius 1 is 1.11 bits per heavy atom. The Bertz CT molecular complexity index is 824. The molecule has 2 aliphatic rings. The van der Waals surface area contributed by atoms with Gasteiger partial charge in [0.1, 0.15) is 5.76 Å². The molecular formula is C21H25N3O4. The van der Waals surface area contributed by atoms with E-state index in [2.05, 4.69) is 10.6 Å². The van der Waals surface area contributed by atoms with Crippen LogP contribution in [0.15, 0.2) is 41.0 Å². The number of amides is 3. The second-order valence-electron chi connectivity index (χ2n) is 7.31. The average molecular weight is 383 g/mol. The van der Waals surface area contributed by atoms with Crippen LogP contribution in [0.5, 0.6) is 0 Å². The monoisotopic (exact) mass is 383 g/mol. The van der Waals surface area contributed by atoms with Gasteiger partial charge < -0.3 is 24.7 Å². The molecule has 2 aromatic rings. The molecule has 1 saturated heterocycles. The number of fused-ring (bicyclic) bond motifs is 1. The molecule has 0 bridgehead atoms. The Hall–Kier alpha value is -2.80. The summed E-state index contributed by atoms with van der Waals surface area (Å²) in [6, 6.07) is 8.74. The van der Waals surface area contributed by atoms with Crippen LogP contribution in [0.2, 0.25) is 0 Å². The maximum Gasteiger partial charge on any atom is 0.322 e. The number of hydrogen-bond acceptors (Lipinski definition) is 4. The number of urea groups is 1. The van der Waals surface area contributed by atoms with E-state index in [0.29, 0.717) is 36.8 Å². The minimum atomic E-state index is -0.149. The Morgan fingerprint density at radius 2 is 1.89 bits per heavy atom. The number of nitrogens with zero attached hydrogens (tertiary/aromatic N) is 1. The summed E-state index contributed by atoms with van der Waals surface area (Å²) >= 11 is 0. The molecule has 1 aromatic heterocycles. The van der Waals surface area contributed by atoms with Crippen LogP contribution in [0.3, 0.4) is 0 Å². The summed E-state index contributed by atoms with van der Waals surface area (Å²) in [5.74, 6) is 1.35. The molecule has 0 unspecified atom stereocenters. The predicted octanol–water partition coefficient (Wildman–Crippen LogP) is 3.03. The van der Waals surface area contributed by atoms with Gasteiger partial charge in [-0.25, -0.2) is 4.79 Å². The Kier molecular flexibility index (Phi) is 5.62. The fourth-order valence-corrected chi connectivity index (χ4v) is 3.62. The molecule has 28 heavy (non-hydrogen) atoms. The minimum Gasteiger partial charge on any atom is -0.469 e. The summed E-state index contributed by atoms with van der Waals surface area (Å²) in [4.78, 5) is 26.6. The third-order valence-corrected chi connectivity index (χ3v) is 5.39. The van der Waals surface area contributed by atoms with Crippen LogP contribution in [-0.4, -0.2) is 43.1 Å². The van der Waals surface area contributed by atoms with Gasteiger partial charge >= 0.3 is 6.03 Å². The van der Waals surface area contributed by atoms with Crippen LogP contribution in [0.4, 0.5) is 10.5 Å². The Balaban J connectivity index is 1.28. The molecule has 7 nitrogen and oxygen atoms in total. The molecular weight excluding hydrogens is 358 g/mol. The van der Waals surface area contributed by atoms with Gasteiger partial charge in [0.15, 0.2) is 0 Å². The molecule has 1 fully saturated rings. The van der Waals surface area contributed by atoms with Gasteiger partial charge in [0.2, 0.25) is 0 Å². The minimum absolute atomic E-state index is 0.0899. The molecule has 0 spiro atoms. The first-order valence-corrected chi connectivity index (χ1v) is 9.76. The molecule has 0 atom stereocenters. The van der Waals surface area contributed by atoms with Crippen LogP contribution >= 0.6 is 0 Å². The van der Waals surface area contributed by atoms with Crippen molar-refractivity contribution in [3.05, 3.63) is 53.5 Å². The highest BCUT2D eigenvalue weighted by Crippen LogP contribution is 2.21. The molecule has 2 N–H and O–H groups in total. The van der Waals surface area contributed by atoms with E-state index in [1.54, 1.807) is 35.4 Å². The van der Waals surface area contributed by atoms with Crippen molar-refractivity contribution >= 4 is 17.6 Å². The van der Waals surface area contributed by atoms with Gasteiger partial charge in [0.25, 0.3) is 5.91 Å². The molecule has 0 aliphatic carbocycles. The molecule has 3 heterocycles. The zero-order valence-corrected chi connectivity index (χ0v) is 15.8. The lowest BCUT2D eigenvalue weighted by atomic mass is 10.0. The third-order valence-electron chi connectivity index (χ3n) is 5.39. The lowest BCUT2D eigenvalue weighted by Crippen LogP contribution is -2.38. The second kappa shape index (κ2) is 8.48. The quantitative estimate of drug-likeness (QED) is 0.850. The zero-order valence-electron chi connectivity index (χ0n) is 15.8.